The zero-order valence-electron chi connectivity index (χ0n) is 14.2. The maximum atomic E-state index is 13.0. The monoisotopic (exact) mass is 427 g/mol. The van der Waals surface area contributed by atoms with Crippen molar-refractivity contribution in [2.45, 2.75) is 11.2 Å². The number of hydrogen-bond donors (Lipinski definition) is 1. The maximum Gasteiger partial charge on any atom is 0.451 e. The zero-order valence-corrected chi connectivity index (χ0v) is 15.9. The molecule has 0 spiro atoms. The molecule has 3 aromatic rings. The minimum Gasteiger partial charge on any atom is -0.465 e. The van der Waals surface area contributed by atoms with Crippen molar-refractivity contribution >= 4 is 51.6 Å². The highest BCUT2D eigenvalue weighted by Crippen LogP contribution is 2.32. The van der Waals surface area contributed by atoms with Crippen molar-refractivity contribution in [2.75, 3.05) is 18.2 Å². The Morgan fingerprint density at radius 1 is 1.21 bits per heavy atom. The molecule has 0 aliphatic rings. The van der Waals surface area contributed by atoms with Crippen LogP contribution in [-0.4, -0.2) is 34.7 Å². The summed E-state index contributed by atoms with van der Waals surface area (Å²) >= 11 is 1.96. The van der Waals surface area contributed by atoms with Gasteiger partial charge in [-0.1, -0.05) is 30.0 Å². The molecule has 0 aliphatic heterocycles. The highest BCUT2D eigenvalue weighted by Gasteiger charge is 2.35. The number of rotatable bonds is 5. The summed E-state index contributed by atoms with van der Waals surface area (Å²) in [5, 5.41) is 4.63. The van der Waals surface area contributed by atoms with Gasteiger partial charge in [0.05, 0.1) is 24.1 Å². The zero-order chi connectivity index (χ0) is 20.3. The highest BCUT2D eigenvalue weighted by molar-refractivity contribution is 8.00. The number of esters is 1. The number of nitrogens with zero attached hydrogens (tertiary/aromatic N) is 2. The molecular weight excluding hydrogens is 415 g/mol. The average Bonchev–Trinajstić information content (AvgIpc) is 3.12. The third kappa shape index (κ3) is 4.42. The second-order valence-corrected chi connectivity index (χ2v) is 7.24. The molecule has 0 saturated carbocycles. The van der Waals surface area contributed by atoms with Gasteiger partial charge in [-0.25, -0.2) is 14.8 Å². The van der Waals surface area contributed by atoms with E-state index in [0.29, 0.717) is 5.39 Å². The SMILES string of the molecule is COC(=O)c1sccc1NC(=O)CSc1nc(C(F)(F)F)nc2ccccc12. The van der Waals surface area contributed by atoms with E-state index in [1.54, 1.807) is 29.6 Å². The van der Waals surface area contributed by atoms with Crippen LogP contribution in [0, 0.1) is 0 Å². The molecule has 0 atom stereocenters. The summed E-state index contributed by atoms with van der Waals surface area (Å²) in [7, 11) is 1.22. The van der Waals surface area contributed by atoms with E-state index in [-0.39, 0.29) is 26.9 Å². The molecule has 0 fully saturated rings. The van der Waals surface area contributed by atoms with Crippen LogP contribution in [0.5, 0.6) is 0 Å². The van der Waals surface area contributed by atoms with Gasteiger partial charge in [0, 0.05) is 5.39 Å². The number of alkyl halides is 3. The van der Waals surface area contributed by atoms with Crippen molar-refractivity contribution in [3.05, 3.63) is 46.4 Å². The number of hydrogen-bond acceptors (Lipinski definition) is 7. The van der Waals surface area contributed by atoms with Crippen molar-refractivity contribution in [2.24, 2.45) is 0 Å². The summed E-state index contributed by atoms with van der Waals surface area (Å²) in [6.45, 7) is 0. The topological polar surface area (TPSA) is 81.2 Å². The van der Waals surface area contributed by atoms with Crippen LogP contribution in [0.1, 0.15) is 15.5 Å². The Kier molecular flexibility index (Phi) is 5.84. The Morgan fingerprint density at radius 2 is 1.96 bits per heavy atom. The second-order valence-electron chi connectivity index (χ2n) is 5.36. The maximum absolute atomic E-state index is 13.0. The van der Waals surface area contributed by atoms with Gasteiger partial charge >= 0.3 is 12.1 Å². The number of amides is 1. The lowest BCUT2D eigenvalue weighted by Crippen LogP contribution is -2.16. The summed E-state index contributed by atoms with van der Waals surface area (Å²) in [6.07, 6.45) is -4.70. The molecule has 28 heavy (non-hydrogen) atoms. The fourth-order valence-electron chi connectivity index (χ4n) is 2.26. The molecule has 6 nitrogen and oxygen atoms in total. The Labute approximate surface area is 165 Å². The first-order valence-electron chi connectivity index (χ1n) is 7.72. The summed E-state index contributed by atoms with van der Waals surface area (Å²) < 4.78 is 43.8. The van der Waals surface area contributed by atoms with E-state index in [1.165, 1.54) is 13.2 Å². The van der Waals surface area contributed by atoms with Gasteiger partial charge in [0.25, 0.3) is 0 Å². The van der Waals surface area contributed by atoms with E-state index in [0.717, 1.165) is 23.1 Å². The third-order valence-corrected chi connectivity index (χ3v) is 5.36. The lowest BCUT2D eigenvalue weighted by atomic mass is 10.2. The number of benzene rings is 1. The number of methoxy groups -OCH3 is 1. The van der Waals surface area contributed by atoms with Crippen LogP contribution < -0.4 is 5.32 Å². The molecule has 0 saturated heterocycles. The van der Waals surface area contributed by atoms with Gasteiger partial charge in [-0.15, -0.1) is 11.3 Å². The number of halogens is 3. The van der Waals surface area contributed by atoms with Crippen molar-refractivity contribution in [1.82, 2.24) is 9.97 Å². The molecule has 0 bridgehead atoms. The lowest BCUT2D eigenvalue weighted by Gasteiger charge is -2.10. The molecular formula is C17H12F3N3O3S2. The average molecular weight is 427 g/mol. The van der Waals surface area contributed by atoms with Gasteiger partial charge in [-0.2, -0.15) is 13.2 Å². The summed E-state index contributed by atoms with van der Waals surface area (Å²) in [5.74, 6) is -2.55. The molecule has 0 aliphatic carbocycles. The van der Waals surface area contributed by atoms with E-state index in [1.807, 2.05) is 0 Å². The number of ether oxygens (including phenoxy) is 1. The number of para-hydroxylation sites is 1. The number of carbonyl (C=O) groups excluding carboxylic acids is 2. The third-order valence-electron chi connectivity index (χ3n) is 3.47. The molecule has 0 radical (unpaired) electrons. The first-order valence-corrected chi connectivity index (χ1v) is 9.58. The van der Waals surface area contributed by atoms with Gasteiger partial charge in [0.1, 0.15) is 9.90 Å². The van der Waals surface area contributed by atoms with Gasteiger partial charge in [-0.05, 0) is 17.5 Å². The van der Waals surface area contributed by atoms with Crippen molar-refractivity contribution in [3.63, 3.8) is 0 Å². The molecule has 11 heteroatoms. The van der Waals surface area contributed by atoms with Crippen molar-refractivity contribution in [3.8, 4) is 0 Å². The minimum atomic E-state index is -4.70. The summed E-state index contributed by atoms with van der Waals surface area (Å²) in [4.78, 5) is 31.2. The number of thioether (sulfide) groups is 1. The Morgan fingerprint density at radius 3 is 2.68 bits per heavy atom. The molecule has 0 unspecified atom stereocenters. The van der Waals surface area contributed by atoms with Gasteiger partial charge < -0.3 is 10.1 Å². The van der Waals surface area contributed by atoms with Crippen LogP contribution in [0.2, 0.25) is 0 Å². The highest BCUT2D eigenvalue weighted by atomic mass is 32.2. The number of carbonyl (C=O) groups is 2. The first kappa shape index (κ1) is 20.1. The molecule has 2 aromatic heterocycles. The van der Waals surface area contributed by atoms with Crippen LogP contribution in [0.25, 0.3) is 10.9 Å². The summed E-state index contributed by atoms with van der Waals surface area (Å²) in [6, 6.07) is 7.80. The van der Waals surface area contributed by atoms with E-state index in [9.17, 15) is 22.8 Å². The van der Waals surface area contributed by atoms with E-state index < -0.39 is 23.9 Å². The molecule has 2 heterocycles. The lowest BCUT2D eigenvalue weighted by molar-refractivity contribution is -0.145. The Balaban J connectivity index is 1.79. The quantitative estimate of drug-likeness (QED) is 0.373. The first-order chi connectivity index (χ1) is 13.3. The van der Waals surface area contributed by atoms with Crippen LogP contribution >= 0.6 is 23.1 Å². The predicted molar refractivity (Wildman–Crippen MR) is 99.6 cm³/mol. The predicted octanol–water partition coefficient (Wildman–Crippen LogP) is 4.23. The number of thiophene rings is 1. The molecule has 1 aromatic carbocycles. The minimum absolute atomic E-state index is 0.0478. The molecule has 146 valence electrons. The molecule has 3 rings (SSSR count). The van der Waals surface area contributed by atoms with Crippen LogP contribution in [0.4, 0.5) is 18.9 Å². The Bertz CT molecular complexity index is 1040. The van der Waals surface area contributed by atoms with E-state index in [2.05, 4.69) is 20.0 Å². The van der Waals surface area contributed by atoms with Crippen molar-refractivity contribution < 1.29 is 27.5 Å². The van der Waals surface area contributed by atoms with Crippen LogP contribution in [0.15, 0.2) is 40.7 Å². The molecule has 1 N–H and O–H groups in total. The number of fused-ring (bicyclic) bond motifs is 1. The van der Waals surface area contributed by atoms with Crippen LogP contribution in [0.3, 0.4) is 0 Å². The normalized spacial score (nSPS) is 11.4. The molecule has 1 amide bonds. The van der Waals surface area contributed by atoms with Crippen LogP contribution in [-0.2, 0) is 15.7 Å². The number of nitrogens with one attached hydrogen (secondary N) is 1. The number of aromatic nitrogens is 2. The van der Waals surface area contributed by atoms with Gasteiger partial charge in [0.2, 0.25) is 11.7 Å². The smallest absolute Gasteiger partial charge is 0.451 e. The standard InChI is InChI=1S/C17H12F3N3O3S2/c1-26-15(25)13-11(6-7-27-13)21-12(24)8-28-14-9-4-2-3-5-10(9)22-16(23-14)17(18,19)20/h2-7H,8H2,1H3,(H,21,24). The fourth-order valence-corrected chi connectivity index (χ4v) is 3.85. The summed E-state index contributed by atoms with van der Waals surface area (Å²) in [5.41, 5.74) is 0.421. The van der Waals surface area contributed by atoms with Crippen molar-refractivity contribution in [1.29, 1.82) is 0 Å². The van der Waals surface area contributed by atoms with Gasteiger partial charge in [0.15, 0.2) is 0 Å². The number of anilines is 1. The van der Waals surface area contributed by atoms with E-state index in [4.69, 9.17) is 0 Å². The Hall–Kier alpha value is -2.66. The van der Waals surface area contributed by atoms with E-state index >= 15 is 0 Å². The fraction of sp³-hybridized carbons (Fsp3) is 0.176. The van der Waals surface area contributed by atoms with Gasteiger partial charge in [-0.3, -0.25) is 4.79 Å². The second kappa shape index (κ2) is 8.15. The largest absolute Gasteiger partial charge is 0.465 e.